The Morgan fingerprint density at radius 1 is 1.32 bits per heavy atom. The van der Waals surface area contributed by atoms with Crippen molar-refractivity contribution in [3.8, 4) is 0 Å². The lowest BCUT2D eigenvalue weighted by molar-refractivity contribution is 0.0625. The lowest BCUT2D eigenvalue weighted by Gasteiger charge is -2.44. The van der Waals surface area contributed by atoms with E-state index in [1.165, 1.54) is 18.4 Å². The Morgan fingerprint density at radius 3 is 2.63 bits per heavy atom. The second-order valence-electron chi connectivity index (χ2n) is 6.03. The van der Waals surface area contributed by atoms with E-state index in [0.29, 0.717) is 12.1 Å². The molecule has 4 unspecified atom stereocenters. The first kappa shape index (κ1) is 14.5. The molecule has 1 saturated heterocycles. The number of hydrogen-bond acceptors (Lipinski definition) is 3. The summed E-state index contributed by atoms with van der Waals surface area (Å²) in [6, 6.07) is 5.37. The van der Waals surface area contributed by atoms with E-state index in [0.717, 1.165) is 18.9 Å². The molecule has 1 aliphatic heterocycles. The number of rotatable bonds is 4. The first-order chi connectivity index (χ1) is 9.13. The smallest absolute Gasteiger partial charge is 0.0503 e. The molecule has 2 heterocycles. The monoisotopic (exact) mass is 261 g/mol. The predicted molar refractivity (Wildman–Crippen MR) is 79.8 cm³/mol. The summed E-state index contributed by atoms with van der Waals surface area (Å²) in [7, 11) is 0. The Bertz CT molecular complexity index is 379. The molecule has 1 fully saturated rings. The Balaban J connectivity index is 2.27. The topological polar surface area (TPSA) is 42.1 Å². The third kappa shape index (κ3) is 3.34. The molecule has 4 atom stereocenters. The van der Waals surface area contributed by atoms with Gasteiger partial charge in [-0.3, -0.25) is 9.88 Å². The molecule has 106 valence electrons. The van der Waals surface area contributed by atoms with Crippen molar-refractivity contribution in [2.45, 2.75) is 58.2 Å². The number of piperidine rings is 1. The second kappa shape index (κ2) is 6.49. The van der Waals surface area contributed by atoms with Crippen molar-refractivity contribution in [2.24, 2.45) is 11.7 Å². The van der Waals surface area contributed by atoms with Gasteiger partial charge in [-0.1, -0.05) is 13.8 Å². The molecule has 0 aromatic carbocycles. The summed E-state index contributed by atoms with van der Waals surface area (Å²) in [5.74, 6) is 0.768. The summed E-state index contributed by atoms with van der Waals surface area (Å²) in [6.45, 7) is 8.02. The van der Waals surface area contributed by atoms with Crippen LogP contribution in [0.5, 0.6) is 0 Å². The van der Waals surface area contributed by atoms with Crippen LogP contribution in [-0.2, 0) is 0 Å². The molecule has 0 bridgehead atoms. The zero-order chi connectivity index (χ0) is 13.8. The summed E-state index contributed by atoms with van der Waals surface area (Å²) < 4.78 is 0. The van der Waals surface area contributed by atoms with E-state index < -0.39 is 0 Å². The number of nitrogens with zero attached hydrogens (tertiary/aromatic N) is 2. The van der Waals surface area contributed by atoms with Gasteiger partial charge in [0.05, 0.1) is 6.04 Å². The van der Waals surface area contributed by atoms with Gasteiger partial charge in [-0.05, 0) is 49.8 Å². The zero-order valence-corrected chi connectivity index (χ0v) is 12.4. The van der Waals surface area contributed by atoms with Crippen LogP contribution in [-0.4, -0.2) is 28.5 Å². The van der Waals surface area contributed by atoms with Crippen molar-refractivity contribution < 1.29 is 0 Å². The van der Waals surface area contributed by atoms with Crippen LogP contribution >= 0.6 is 0 Å². The molecule has 19 heavy (non-hydrogen) atoms. The Labute approximate surface area is 117 Å². The minimum absolute atomic E-state index is 0.190. The molecule has 0 amide bonds. The second-order valence-corrected chi connectivity index (χ2v) is 6.03. The summed E-state index contributed by atoms with van der Waals surface area (Å²) in [6.07, 6.45) is 7.37. The van der Waals surface area contributed by atoms with Crippen molar-refractivity contribution in [1.29, 1.82) is 0 Å². The normalized spacial score (nSPS) is 28.0. The summed E-state index contributed by atoms with van der Waals surface area (Å²) in [5, 5.41) is 0. The Kier molecular flexibility index (Phi) is 4.94. The fraction of sp³-hybridized carbons (Fsp3) is 0.688. The molecule has 0 spiro atoms. The van der Waals surface area contributed by atoms with E-state index >= 15 is 0 Å². The molecular weight excluding hydrogens is 234 g/mol. The first-order valence-electron chi connectivity index (χ1n) is 7.54. The van der Waals surface area contributed by atoms with Gasteiger partial charge in [-0.25, -0.2) is 0 Å². The maximum atomic E-state index is 6.43. The highest BCUT2D eigenvalue weighted by molar-refractivity contribution is 5.18. The summed E-state index contributed by atoms with van der Waals surface area (Å²) in [4.78, 5) is 6.74. The van der Waals surface area contributed by atoms with Crippen LogP contribution in [0.4, 0.5) is 0 Å². The van der Waals surface area contributed by atoms with Crippen molar-refractivity contribution >= 4 is 0 Å². The average molecular weight is 261 g/mol. The SMILES string of the molecule is CCC(N)C(c1ccncc1)N1CC(C)CCC1C. The van der Waals surface area contributed by atoms with E-state index in [9.17, 15) is 0 Å². The minimum atomic E-state index is 0.190. The largest absolute Gasteiger partial charge is 0.326 e. The van der Waals surface area contributed by atoms with Crippen LogP contribution in [0.15, 0.2) is 24.5 Å². The van der Waals surface area contributed by atoms with Gasteiger partial charge in [0, 0.05) is 31.0 Å². The van der Waals surface area contributed by atoms with Crippen molar-refractivity contribution in [3.05, 3.63) is 30.1 Å². The van der Waals surface area contributed by atoms with Gasteiger partial charge in [0.2, 0.25) is 0 Å². The van der Waals surface area contributed by atoms with E-state index in [1.807, 2.05) is 12.4 Å². The van der Waals surface area contributed by atoms with Crippen LogP contribution < -0.4 is 5.73 Å². The molecule has 0 radical (unpaired) electrons. The molecular formula is C16H27N3. The summed E-state index contributed by atoms with van der Waals surface area (Å²) >= 11 is 0. The highest BCUT2D eigenvalue weighted by Crippen LogP contribution is 2.32. The molecule has 1 aliphatic rings. The maximum absolute atomic E-state index is 6.43. The zero-order valence-electron chi connectivity index (χ0n) is 12.4. The highest BCUT2D eigenvalue weighted by atomic mass is 15.2. The maximum Gasteiger partial charge on any atom is 0.0503 e. The number of nitrogens with two attached hydrogens (primary N) is 1. The number of pyridine rings is 1. The number of likely N-dealkylation sites (tertiary alicyclic amines) is 1. The van der Waals surface area contributed by atoms with Gasteiger partial charge < -0.3 is 5.73 Å². The molecule has 0 aliphatic carbocycles. The minimum Gasteiger partial charge on any atom is -0.326 e. The van der Waals surface area contributed by atoms with Crippen LogP contribution in [0.25, 0.3) is 0 Å². The van der Waals surface area contributed by atoms with Gasteiger partial charge in [0.25, 0.3) is 0 Å². The molecule has 3 nitrogen and oxygen atoms in total. The lowest BCUT2D eigenvalue weighted by Crippen LogP contribution is -2.49. The molecule has 1 aromatic rings. The van der Waals surface area contributed by atoms with Gasteiger partial charge >= 0.3 is 0 Å². The standard InChI is InChI=1S/C16H27N3/c1-4-15(17)16(14-7-9-18-10-8-14)19-11-12(2)5-6-13(19)3/h7-10,12-13,15-16H,4-6,11,17H2,1-3H3. The number of hydrogen-bond donors (Lipinski definition) is 1. The molecule has 2 rings (SSSR count). The van der Waals surface area contributed by atoms with Crippen molar-refractivity contribution in [1.82, 2.24) is 9.88 Å². The molecule has 3 heteroatoms. The van der Waals surface area contributed by atoms with Crippen LogP contribution in [0.1, 0.15) is 51.6 Å². The third-order valence-electron chi connectivity index (χ3n) is 4.45. The Hall–Kier alpha value is -0.930. The highest BCUT2D eigenvalue weighted by Gasteiger charge is 2.32. The van der Waals surface area contributed by atoms with E-state index in [1.54, 1.807) is 0 Å². The molecule has 0 saturated carbocycles. The fourth-order valence-electron chi connectivity index (χ4n) is 3.18. The number of aromatic nitrogens is 1. The fourth-order valence-corrected chi connectivity index (χ4v) is 3.18. The average Bonchev–Trinajstić information content (AvgIpc) is 2.44. The third-order valence-corrected chi connectivity index (χ3v) is 4.45. The van der Waals surface area contributed by atoms with Gasteiger partial charge in [-0.2, -0.15) is 0 Å². The quantitative estimate of drug-likeness (QED) is 0.906. The van der Waals surface area contributed by atoms with Gasteiger partial charge in [0.1, 0.15) is 0 Å². The Morgan fingerprint density at radius 2 is 2.00 bits per heavy atom. The molecule has 1 aromatic heterocycles. The van der Waals surface area contributed by atoms with Gasteiger partial charge in [0.15, 0.2) is 0 Å². The van der Waals surface area contributed by atoms with Crippen LogP contribution in [0.2, 0.25) is 0 Å². The lowest BCUT2D eigenvalue weighted by atomic mass is 9.89. The van der Waals surface area contributed by atoms with Crippen molar-refractivity contribution in [2.75, 3.05) is 6.54 Å². The van der Waals surface area contributed by atoms with Gasteiger partial charge in [-0.15, -0.1) is 0 Å². The van der Waals surface area contributed by atoms with Crippen LogP contribution in [0, 0.1) is 5.92 Å². The molecule has 2 N–H and O–H groups in total. The van der Waals surface area contributed by atoms with E-state index in [-0.39, 0.29) is 6.04 Å². The van der Waals surface area contributed by atoms with E-state index in [4.69, 9.17) is 5.73 Å². The van der Waals surface area contributed by atoms with Crippen molar-refractivity contribution in [3.63, 3.8) is 0 Å². The predicted octanol–water partition coefficient (Wildman–Crippen LogP) is 2.98. The van der Waals surface area contributed by atoms with E-state index in [2.05, 4.69) is 42.8 Å². The summed E-state index contributed by atoms with van der Waals surface area (Å²) in [5.41, 5.74) is 7.74. The van der Waals surface area contributed by atoms with Crippen LogP contribution in [0.3, 0.4) is 0 Å². The first-order valence-corrected chi connectivity index (χ1v) is 7.54.